The van der Waals surface area contributed by atoms with Crippen molar-refractivity contribution in [2.45, 2.75) is 31.2 Å². The lowest BCUT2D eigenvalue weighted by atomic mass is 10.1. The number of amides is 1. The highest BCUT2D eigenvalue weighted by Gasteiger charge is 2.26. The maximum absolute atomic E-state index is 12.9. The van der Waals surface area contributed by atoms with Gasteiger partial charge in [-0.15, -0.1) is 10.2 Å². The molecule has 0 saturated heterocycles. The van der Waals surface area contributed by atoms with Crippen molar-refractivity contribution in [3.8, 4) is 11.4 Å². The standard InChI is InChI=1S/C21H23ClN4O2S/c1-13(2)19(20(27)24-15-6-9-17(28-4)10-7-15)29-21-25-23-12-26(21)16-8-5-14(3)18(22)11-16/h5-13,19H,1-4H3,(H,24,27). The lowest BCUT2D eigenvalue weighted by molar-refractivity contribution is -0.116. The summed E-state index contributed by atoms with van der Waals surface area (Å²) in [6, 6.07) is 13.0. The van der Waals surface area contributed by atoms with Gasteiger partial charge in [0.15, 0.2) is 5.16 Å². The number of aryl methyl sites for hydroxylation is 1. The van der Waals surface area contributed by atoms with Crippen molar-refractivity contribution < 1.29 is 9.53 Å². The van der Waals surface area contributed by atoms with Crippen LogP contribution in [-0.2, 0) is 4.79 Å². The van der Waals surface area contributed by atoms with Gasteiger partial charge in [0, 0.05) is 10.7 Å². The molecule has 1 aromatic heterocycles. The highest BCUT2D eigenvalue weighted by molar-refractivity contribution is 8.00. The Morgan fingerprint density at radius 2 is 1.93 bits per heavy atom. The van der Waals surface area contributed by atoms with Gasteiger partial charge in [0.25, 0.3) is 0 Å². The molecule has 0 radical (unpaired) electrons. The maximum atomic E-state index is 12.9. The fourth-order valence-corrected chi connectivity index (χ4v) is 3.91. The number of halogens is 1. The molecule has 0 aliphatic carbocycles. The predicted molar refractivity (Wildman–Crippen MR) is 117 cm³/mol. The van der Waals surface area contributed by atoms with Gasteiger partial charge in [-0.25, -0.2) is 0 Å². The summed E-state index contributed by atoms with van der Waals surface area (Å²) in [5.74, 6) is 0.735. The number of thioether (sulfide) groups is 1. The molecule has 8 heteroatoms. The average molecular weight is 431 g/mol. The van der Waals surface area contributed by atoms with Gasteiger partial charge in [0.1, 0.15) is 12.1 Å². The molecule has 0 saturated carbocycles. The predicted octanol–water partition coefficient (Wildman–Crippen LogP) is 4.99. The number of carbonyl (C=O) groups is 1. The van der Waals surface area contributed by atoms with Crippen LogP contribution in [0.2, 0.25) is 5.02 Å². The summed E-state index contributed by atoms with van der Waals surface area (Å²) in [5.41, 5.74) is 2.57. The Kier molecular flexibility index (Phi) is 6.82. The van der Waals surface area contributed by atoms with E-state index in [9.17, 15) is 4.79 Å². The SMILES string of the molecule is COc1ccc(NC(=O)C(Sc2nncn2-c2ccc(C)c(Cl)c2)C(C)C)cc1. The Labute approximate surface area is 179 Å². The van der Waals surface area contributed by atoms with Crippen molar-refractivity contribution in [3.63, 3.8) is 0 Å². The van der Waals surface area contributed by atoms with Gasteiger partial charge < -0.3 is 10.1 Å². The van der Waals surface area contributed by atoms with E-state index in [1.54, 1.807) is 13.4 Å². The van der Waals surface area contributed by atoms with E-state index >= 15 is 0 Å². The van der Waals surface area contributed by atoms with Crippen molar-refractivity contribution in [1.82, 2.24) is 14.8 Å². The third kappa shape index (κ3) is 5.10. The highest BCUT2D eigenvalue weighted by Crippen LogP contribution is 2.30. The number of methoxy groups -OCH3 is 1. The van der Waals surface area contributed by atoms with Crippen molar-refractivity contribution >= 4 is 35.0 Å². The average Bonchev–Trinajstić information content (AvgIpc) is 3.16. The summed E-state index contributed by atoms with van der Waals surface area (Å²) in [6.45, 7) is 5.97. The molecular weight excluding hydrogens is 408 g/mol. The number of nitrogens with zero attached hydrogens (tertiary/aromatic N) is 3. The van der Waals surface area contributed by atoms with E-state index in [1.165, 1.54) is 11.8 Å². The van der Waals surface area contributed by atoms with E-state index in [1.807, 2.05) is 67.8 Å². The molecule has 1 amide bonds. The van der Waals surface area contributed by atoms with Crippen LogP contribution in [-0.4, -0.2) is 33.0 Å². The zero-order chi connectivity index (χ0) is 21.0. The first-order valence-corrected chi connectivity index (χ1v) is 10.4. The summed E-state index contributed by atoms with van der Waals surface area (Å²) >= 11 is 7.65. The Hall–Kier alpha value is -2.51. The van der Waals surface area contributed by atoms with Crippen LogP contribution >= 0.6 is 23.4 Å². The second kappa shape index (κ2) is 9.33. The molecule has 2 aromatic carbocycles. The second-order valence-electron chi connectivity index (χ2n) is 6.92. The first kappa shape index (κ1) is 21.2. The minimum atomic E-state index is -0.346. The van der Waals surface area contributed by atoms with Crippen LogP contribution in [0.1, 0.15) is 19.4 Å². The third-order valence-electron chi connectivity index (χ3n) is 4.40. The molecule has 0 bridgehead atoms. The van der Waals surface area contributed by atoms with Crippen LogP contribution in [0.3, 0.4) is 0 Å². The lowest BCUT2D eigenvalue weighted by Gasteiger charge is -2.20. The molecule has 152 valence electrons. The first-order chi connectivity index (χ1) is 13.9. The van der Waals surface area contributed by atoms with E-state index in [2.05, 4.69) is 15.5 Å². The molecule has 0 spiro atoms. The molecule has 0 aliphatic rings. The van der Waals surface area contributed by atoms with Crippen LogP contribution in [0.25, 0.3) is 5.69 Å². The quantitative estimate of drug-likeness (QED) is 0.534. The monoisotopic (exact) mass is 430 g/mol. The summed E-state index contributed by atoms with van der Waals surface area (Å²) in [7, 11) is 1.61. The van der Waals surface area contributed by atoms with Gasteiger partial charge >= 0.3 is 0 Å². The van der Waals surface area contributed by atoms with Crippen LogP contribution < -0.4 is 10.1 Å². The van der Waals surface area contributed by atoms with Crippen molar-refractivity contribution in [3.05, 3.63) is 59.4 Å². The molecule has 1 heterocycles. The number of aromatic nitrogens is 3. The van der Waals surface area contributed by atoms with Gasteiger partial charge in [-0.05, 0) is 54.8 Å². The Morgan fingerprint density at radius 3 is 2.55 bits per heavy atom. The molecular formula is C21H23ClN4O2S. The van der Waals surface area contributed by atoms with Crippen molar-refractivity contribution in [2.75, 3.05) is 12.4 Å². The molecule has 3 aromatic rings. The van der Waals surface area contributed by atoms with Gasteiger partial charge in [0.2, 0.25) is 5.91 Å². The van der Waals surface area contributed by atoms with E-state index < -0.39 is 0 Å². The van der Waals surface area contributed by atoms with Crippen molar-refractivity contribution in [2.24, 2.45) is 5.92 Å². The normalized spacial score (nSPS) is 12.1. The van der Waals surface area contributed by atoms with Gasteiger partial charge in [-0.1, -0.05) is 43.3 Å². The van der Waals surface area contributed by atoms with Gasteiger partial charge in [-0.2, -0.15) is 0 Å². The maximum Gasteiger partial charge on any atom is 0.238 e. The summed E-state index contributed by atoms with van der Waals surface area (Å²) in [6.07, 6.45) is 1.63. The molecule has 0 aliphatic heterocycles. The summed E-state index contributed by atoms with van der Waals surface area (Å²) in [4.78, 5) is 12.9. The van der Waals surface area contributed by atoms with Crippen LogP contribution in [0, 0.1) is 12.8 Å². The number of hydrogen-bond acceptors (Lipinski definition) is 5. The van der Waals surface area contributed by atoms with Crippen LogP contribution in [0.5, 0.6) is 5.75 Å². The number of ether oxygens (including phenoxy) is 1. The number of benzene rings is 2. The van der Waals surface area contributed by atoms with E-state index in [-0.39, 0.29) is 17.1 Å². The number of carbonyl (C=O) groups excluding carboxylic acids is 1. The highest BCUT2D eigenvalue weighted by atomic mass is 35.5. The lowest BCUT2D eigenvalue weighted by Crippen LogP contribution is -2.30. The van der Waals surface area contributed by atoms with Gasteiger partial charge in [0.05, 0.1) is 18.0 Å². The number of hydrogen-bond donors (Lipinski definition) is 1. The molecule has 29 heavy (non-hydrogen) atoms. The summed E-state index contributed by atoms with van der Waals surface area (Å²) in [5, 5.41) is 12.2. The minimum Gasteiger partial charge on any atom is -0.497 e. The number of nitrogens with one attached hydrogen (secondary N) is 1. The summed E-state index contributed by atoms with van der Waals surface area (Å²) < 4.78 is 7.00. The topological polar surface area (TPSA) is 69.0 Å². The zero-order valence-corrected chi connectivity index (χ0v) is 18.3. The number of rotatable bonds is 7. The molecule has 1 unspecified atom stereocenters. The first-order valence-electron chi connectivity index (χ1n) is 9.17. The Bertz CT molecular complexity index is 989. The zero-order valence-electron chi connectivity index (χ0n) is 16.7. The van der Waals surface area contributed by atoms with E-state index in [4.69, 9.17) is 16.3 Å². The molecule has 3 rings (SSSR count). The third-order valence-corrected chi connectivity index (χ3v) is 6.31. The second-order valence-corrected chi connectivity index (χ2v) is 8.43. The number of anilines is 1. The van der Waals surface area contributed by atoms with E-state index in [0.29, 0.717) is 15.9 Å². The largest absolute Gasteiger partial charge is 0.497 e. The Morgan fingerprint density at radius 1 is 1.21 bits per heavy atom. The molecule has 6 nitrogen and oxygen atoms in total. The molecule has 0 fully saturated rings. The fourth-order valence-electron chi connectivity index (χ4n) is 2.71. The molecule has 1 atom stereocenters. The minimum absolute atomic E-state index is 0.0880. The van der Waals surface area contributed by atoms with Gasteiger partial charge in [-0.3, -0.25) is 9.36 Å². The van der Waals surface area contributed by atoms with Crippen LogP contribution in [0.4, 0.5) is 5.69 Å². The van der Waals surface area contributed by atoms with E-state index in [0.717, 1.165) is 17.0 Å². The fraction of sp³-hybridized carbons (Fsp3) is 0.286. The van der Waals surface area contributed by atoms with Crippen molar-refractivity contribution in [1.29, 1.82) is 0 Å². The smallest absolute Gasteiger partial charge is 0.238 e. The molecule has 1 N–H and O–H groups in total. The van der Waals surface area contributed by atoms with Crippen LogP contribution in [0.15, 0.2) is 53.9 Å². The Balaban J connectivity index is 1.79.